The van der Waals surface area contributed by atoms with Crippen molar-refractivity contribution in [3.63, 3.8) is 0 Å². The second-order valence-corrected chi connectivity index (χ2v) is 8.88. The maximum atomic E-state index is 12.8. The molecule has 4 aromatic rings. The Bertz CT molecular complexity index is 1320. The number of nitrogens with one attached hydrogen (secondary N) is 2. The van der Waals surface area contributed by atoms with Gasteiger partial charge in [-0.1, -0.05) is 18.2 Å². The number of nitrogens with zero attached hydrogens (tertiary/aromatic N) is 4. The van der Waals surface area contributed by atoms with Crippen LogP contribution in [-0.2, 0) is 4.79 Å². The van der Waals surface area contributed by atoms with Crippen LogP contribution in [0.5, 0.6) is 0 Å². The Hall–Kier alpha value is -4.04. The summed E-state index contributed by atoms with van der Waals surface area (Å²) < 4.78 is 2.14. The van der Waals surface area contributed by atoms with Crippen LogP contribution in [-0.4, -0.2) is 37.0 Å². The summed E-state index contributed by atoms with van der Waals surface area (Å²) in [4.78, 5) is 23.6. The second kappa shape index (κ2) is 10.1. The van der Waals surface area contributed by atoms with Crippen LogP contribution in [0.1, 0.15) is 35.5 Å². The van der Waals surface area contributed by atoms with Crippen molar-refractivity contribution in [2.45, 2.75) is 25.4 Å². The topological polar surface area (TPSA) is 75.1 Å². The van der Waals surface area contributed by atoms with Crippen molar-refractivity contribution in [1.29, 1.82) is 0 Å². The van der Waals surface area contributed by atoms with Crippen LogP contribution in [0.3, 0.4) is 0 Å². The van der Waals surface area contributed by atoms with E-state index in [1.54, 1.807) is 18.6 Å². The van der Waals surface area contributed by atoms with E-state index in [9.17, 15) is 4.79 Å². The summed E-state index contributed by atoms with van der Waals surface area (Å²) in [5, 5.41) is 7.06. The zero-order valence-corrected chi connectivity index (χ0v) is 20.2. The molecule has 2 N–H and O–H groups in total. The molecule has 1 aliphatic heterocycles. The molecule has 0 aliphatic carbocycles. The van der Waals surface area contributed by atoms with Crippen molar-refractivity contribution < 1.29 is 4.79 Å². The van der Waals surface area contributed by atoms with Gasteiger partial charge in [0.15, 0.2) is 5.11 Å². The molecule has 1 fully saturated rings. The first-order valence-corrected chi connectivity index (χ1v) is 11.9. The molecule has 0 radical (unpaired) electrons. The largest absolute Gasteiger partial charge is 0.352 e. The standard InChI is InChI=1S/C27H26N6OS/c1-19-6-4-7-20(18-19)30-24(34)12-17-33-26(25(31-27(33)35)22-8-2-3-13-29-22)23-9-5-16-32(23)21-10-14-28-15-11-21/h2-11,13-16,18,25-26H,12,17H2,1H3,(H,30,34)(H,31,35)/t25-,26-/m0/s1. The van der Waals surface area contributed by atoms with Crippen molar-refractivity contribution >= 4 is 28.9 Å². The molecule has 0 saturated carbocycles. The lowest BCUT2D eigenvalue weighted by Crippen LogP contribution is -2.33. The van der Waals surface area contributed by atoms with Crippen molar-refractivity contribution in [2.75, 3.05) is 11.9 Å². The highest BCUT2D eigenvalue weighted by Gasteiger charge is 2.41. The molecule has 7 nitrogen and oxygen atoms in total. The number of carbonyl (C=O) groups excluding carboxylic acids is 1. The minimum atomic E-state index is -0.154. The number of hydrogen-bond donors (Lipinski definition) is 2. The lowest BCUT2D eigenvalue weighted by molar-refractivity contribution is -0.116. The van der Waals surface area contributed by atoms with Crippen LogP contribution in [0.2, 0.25) is 0 Å². The normalized spacial score (nSPS) is 17.3. The monoisotopic (exact) mass is 482 g/mol. The van der Waals surface area contributed by atoms with E-state index in [0.29, 0.717) is 18.1 Å². The third kappa shape index (κ3) is 4.93. The molecule has 0 spiro atoms. The first-order chi connectivity index (χ1) is 17.1. The minimum Gasteiger partial charge on any atom is -0.352 e. The Morgan fingerprint density at radius 2 is 1.91 bits per heavy atom. The van der Waals surface area contributed by atoms with Gasteiger partial charge in [-0.2, -0.15) is 0 Å². The van der Waals surface area contributed by atoms with E-state index in [4.69, 9.17) is 12.2 Å². The third-order valence-electron chi connectivity index (χ3n) is 6.10. The summed E-state index contributed by atoms with van der Waals surface area (Å²) in [7, 11) is 0. The lowest BCUT2D eigenvalue weighted by Gasteiger charge is -2.28. The molecule has 1 aromatic carbocycles. The van der Waals surface area contributed by atoms with E-state index in [2.05, 4.69) is 36.1 Å². The molecule has 35 heavy (non-hydrogen) atoms. The first kappa shape index (κ1) is 22.7. The van der Waals surface area contributed by atoms with Gasteiger partial charge in [0.25, 0.3) is 0 Å². The first-order valence-electron chi connectivity index (χ1n) is 11.5. The van der Waals surface area contributed by atoms with Gasteiger partial charge in [-0.3, -0.25) is 14.8 Å². The number of hydrogen-bond acceptors (Lipinski definition) is 4. The molecule has 8 heteroatoms. The lowest BCUT2D eigenvalue weighted by atomic mass is 10.0. The van der Waals surface area contributed by atoms with E-state index < -0.39 is 0 Å². The molecule has 176 valence electrons. The van der Waals surface area contributed by atoms with Crippen molar-refractivity contribution in [3.05, 3.63) is 108 Å². The van der Waals surface area contributed by atoms with Gasteiger partial charge in [-0.05, 0) is 73.2 Å². The average molecular weight is 483 g/mol. The number of anilines is 1. The molecule has 1 aliphatic rings. The molecule has 4 heterocycles. The number of benzene rings is 1. The predicted molar refractivity (Wildman–Crippen MR) is 140 cm³/mol. The number of carbonyl (C=O) groups is 1. The summed E-state index contributed by atoms with van der Waals surface area (Å²) in [6.45, 7) is 2.48. The molecule has 0 unspecified atom stereocenters. The highest BCUT2D eigenvalue weighted by atomic mass is 32.1. The molecular formula is C27H26N6OS. The Balaban J connectivity index is 1.43. The maximum Gasteiger partial charge on any atom is 0.226 e. The summed E-state index contributed by atoms with van der Waals surface area (Å²) in [5.41, 5.74) is 4.86. The zero-order valence-electron chi connectivity index (χ0n) is 19.3. The summed E-state index contributed by atoms with van der Waals surface area (Å²) in [6, 6.07) is 21.4. The number of thiocarbonyl (C=S) groups is 1. The Morgan fingerprint density at radius 3 is 2.69 bits per heavy atom. The van der Waals surface area contributed by atoms with Gasteiger partial charge in [-0.15, -0.1) is 0 Å². The van der Waals surface area contributed by atoms with E-state index in [0.717, 1.165) is 28.3 Å². The predicted octanol–water partition coefficient (Wildman–Crippen LogP) is 4.58. The van der Waals surface area contributed by atoms with Gasteiger partial charge < -0.3 is 20.1 Å². The summed E-state index contributed by atoms with van der Waals surface area (Å²) in [6.07, 6.45) is 7.68. The molecule has 1 saturated heterocycles. The fraction of sp³-hybridized carbons (Fsp3) is 0.185. The van der Waals surface area contributed by atoms with E-state index >= 15 is 0 Å². The second-order valence-electron chi connectivity index (χ2n) is 8.50. The minimum absolute atomic E-state index is 0.0528. The Labute approximate surface area is 209 Å². The van der Waals surface area contributed by atoms with E-state index in [1.165, 1.54) is 0 Å². The van der Waals surface area contributed by atoms with Crippen LogP contribution in [0.4, 0.5) is 5.69 Å². The van der Waals surface area contributed by atoms with Crippen LogP contribution in [0.25, 0.3) is 5.69 Å². The van der Waals surface area contributed by atoms with Gasteiger partial charge in [0.1, 0.15) is 0 Å². The molecule has 2 atom stereocenters. The molecular weight excluding hydrogens is 456 g/mol. The zero-order chi connectivity index (χ0) is 24.2. The maximum absolute atomic E-state index is 12.8. The highest BCUT2D eigenvalue weighted by Crippen LogP contribution is 2.39. The van der Waals surface area contributed by atoms with Gasteiger partial charge in [0, 0.05) is 54.8 Å². The molecule has 5 rings (SSSR count). The number of pyridine rings is 2. The van der Waals surface area contributed by atoms with Gasteiger partial charge in [0.2, 0.25) is 5.91 Å². The molecule has 3 aromatic heterocycles. The number of rotatable bonds is 7. The number of aromatic nitrogens is 3. The molecule has 0 bridgehead atoms. The van der Waals surface area contributed by atoms with Crippen LogP contribution in [0, 0.1) is 6.92 Å². The van der Waals surface area contributed by atoms with Crippen molar-refractivity contribution in [3.8, 4) is 5.69 Å². The van der Waals surface area contributed by atoms with Crippen LogP contribution >= 0.6 is 12.2 Å². The van der Waals surface area contributed by atoms with Crippen molar-refractivity contribution in [1.82, 2.24) is 24.8 Å². The van der Waals surface area contributed by atoms with Gasteiger partial charge in [0.05, 0.1) is 17.8 Å². The highest BCUT2D eigenvalue weighted by molar-refractivity contribution is 7.80. The van der Waals surface area contributed by atoms with E-state index in [1.807, 2.05) is 73.8 Å². The number of amides is 1. The van der Waals surface area contributed by atoms with Crippen LogP contribution < -0.4 is 10.6 Å². The summed E-state index contributed by atoms with van der Waals surface area (Å²) in [5.74, 6) is -0.0528. The Morgan fingerprint density at radius 1 is 1.06 bits per heavy atom. The van der Waals surface area contributed by atoms with Gasteiger partial charge in [-0.25, -0.2) is 0 Å². The average Bonchev–Trinajstić information content (AvgIpc) is 3.48. The number of aryl methyl sites for hydroxylation is 1. The van der Waals surface area contributed by atoms with E-state index in [-0.39, 0.29) is 18.0 Å². The van der Waals surface area contributed by atoms with Crippen molar-refractivity contribution in [2.24, 2.45) is 0 Å². The quantitative estimate of drug-likeness (QED) is 0.376. The van der Waals surface area contributed by atoms with Gasteiger partial charge >= 0.3 is 0 Å². The smallest absolute Gasteiger partial charge is 0.226 e. The Kier molecular flexibility index (Phi) is 6.54. The fourth-order valence-corrected chi connectivity index (χ4v) is 4.84. The SMILES string of the molecule is Cc1cccc(NC(=O)CCN2C(=S)N[C@@H](c3ccccn3)[C@@H]2c2cccn2-c2ccncc2)c1. The summed E-state index contributed by atoms with van der Waals surface area (Å²) >= 11 is 5.76. The third-order valence-corrected chi connectivity index (χ3v) is 6.46. The van der Waals surface area contributed by atoms with Crippen LogP contribution in [0.15, 0.2) is 91.5 Å². The molecule has 1 amide bonds. The fourth-order valence-electron chi connectivity index (χ4n) is 4.51.